The summed E-state index contributed by atoms with van der Waals surface area (Å²) in [5.74, 6) is -0.258. The highest BCUT2D eigenvalue weighted by atomic mass is 16.6. The Bertz CT molecular complexity index is 786. The predicted octanol–water partition coefficient (Wildman–Crippen LogP) is 2.63. The van der Waals surface area contributed by atoms with E-state index in [1.54, 1.807) is 12.5 Å². The average Bonchev–Trinajstić information content (AvgIpc) is 3.01. The molecule has 1 aromatic heterocycles. The van der Waals surface area contributed by atoms with Crippen molar-refractivity contribution < 1.29 is 28.2 Å². The molecule has 5 fully saturated rings. The van der Waals surface area contributed by atoms with E-state index in [9.17, 15) is 9.59 Å². The summed E-state index contributed by atoms with van der Waals surface area (Å²) in [7, 11) is 0. The molecule has 6 rings (SSSR count). The van der Waals surface area contributed by atoms with E-state index >= 15 is 0 Å². The number of fused-ring (bicyclic) bond motifs is 4. The first kappa shape index (κ1) is 15.3. The smallest absolute Gasteiger partial charge is 0.310 e. The maximum Gasteiger partial charge on any atom is 0.310 e. The molecule has 0 radical (unpaired) electrons. The highest BCUT2D eigenvalue weighted by Gasteiger charge is 2.74. The molecule has 8 unspecified atom stereocenters. The van der Waals surface area contributed by atoms with Crippen LogP contribution in [0.25, 0.3) is 0 Å². The van der Waals surface area contributed by atoms with Crippen LogP contribution in [0.1, 0.15) is 44.3 Å². The van der Waals surface area contributed by atoms with E-state index in [1.165, 1.54) is 0 Å². The summed E-state index contributed by atoms with van der Waals surface area (Å²) in [4.78, 5) is 25.3. The lowest BCUT2D eigenvalue weighted by atomic mass is 9.44. The Morgan fingerprint density at radius 2 is 2.08 bits per heavy atom. The normalized spacial score (nSPS) is 51.4. The lowest BCUT2D eigenvalue weighted by molar-refractivity contribution is -0.199. The summed E-state index contributed by atoms with van der Waals surface area (Å²) in [6.07, 6.45) is 6.37. The monoisotopic (exact) mass is 358 g/mol. The van der Waals surface area contributed by atoms with Crippen LogP contribution in [-0.2, 0) is 23.8 Å². The van der Waals surface area contributed by atoms with Crippen LogP contribution in [0, 0.1) is 28.6 Å². The number of hydrogen-bond acceptors (Lipinski definition) is 6. The number of carbonyl (C=O) groups excluding carboxylic acids is 2. The van der Waals surface area contributed by atoms with Gasteiger partial charge in [0.25, 0.3) is 0 Å². The van der Waals surface area contributed by atoms with Crippen LogP contribution in [0.5, 0.6) is 0 Å². The second kappa shape index (κ2) is 4.71. The summed E-state index contributed by atoms with van der Waals surface area (Å²) < 4.78 is 22.6. The molecule has 138 valence electrons. The van der Waals surface area contributed by atoms with Crippen LogP contribution < -0.4 is 0 Å². The van der Waals surface area contributed by atoms with Crippen LogP contribution in [0.15, 0.2) is 23.0 Å². The molecule has 3 saturated heterocycles. The van der Waals surface area contributed by atoms with E-state index < -0.39 is 0 Å². The fourth-order valence-corrected chi connectivity index (χ4v) is 6.83. The summed E-state index contributed by atoms with van der Waals surface area (Å²) in [6.45, 7) is 2.68. The highest BCUT2D eigenvalue weighted by molar-refractivity contribution is 5.78. The molecule has 1 spiro atoms. The Morgan fingerprint density at radius 3 is 2.88 bits per heavy atom. The third kappa shape index (κ3) is 1.71. The highest BCUT2D eigenvalue weighted by Crippen LogP contribution is 2.70. The summed E-state index contributed by atoms with van der Waals surface area (Å²) in [5, 5.41) is 0. The molecule has 1 aromatic rings. The maximum absolute atomic E-state index is 12.9. The SMILES string of the molecule is CC12CC(c3ccoc3)OC(=O)C1CCC13COC(=O)C1CC1OC1C23. The molecule has 6 nitrogen and oxygen atoms in total. The molecule has 3 aliphatic heterocycles. The van der Waals surface area contributed by atoms with Gasteiger partial charge in [-0.1, -0.05) is 6.92 Å². The zero-order valence-electron chi connectivity index (χ0n) is 14.7. The van der Waals surface area contributed by atoms with Gasteiger partial charge in [-0.15, -0.1) is 0 Å². The second-order valence-corrected chi connectivity index (χ2v) is 9.03. The first-order chi connectivity index (χ1) is 12.5. The number of furan rings is 1. The number of ether oxygens (including phenoxy) is 3. The van der Waals surface area contributed by atoms with Gasteiger partial charge in [0.1, 0.15) is 6.10 Å². The van der Waals surface area contributed by atoms with Gasteiger partial charge in [0, 0.05) is 16.9 Å². The van der Waals surface area contributed by atoms with Crippen molar-refractivity contribution in [3.8, 4) is 0 Å². The van der Waals surface area contributed by atoms with Crippen molar-refractivity contribution >= 4 is 11.9 Å². The number of rotatable bonds is 1. The van der Waals surface area contributed by atoms with Crippen LogP contribution in [0.3, 0.4) is 0 Å². The van der Waals surface area contributed by atoms with Crippen LogP contribution in [0.4, 0.5) is 0 Å². The molecule has 0 N–H and O–H groups in total. The predicted molar refractivity (Wildman–Crippen MR) is 86.6 cm³/mol. The lowest BCUT2D eigenvalue weighted by Crippen LogP contribution is -2.61. The third-order valence-electron chi connectivity index (χ3n) is 7.99. The lowest BCUT2D eigenvalue weighted by Gasteiger charge is -2.59. The van der Waals surface area contributed by atoms with Crippen molar-refractivity contribution in [3.05, 3.63) is 24.2 Å². The molecule has 5 aliphatic rings. The van der Waals surface area contributed by atoms with Gasteiger partial charge in [-0.3, -0.25) is 9.59 Å². The number of hydrogen-bond donors (Lipinski definition) is 0. The van der Waals surface area contributed by atoms with Crippen molar-refractivity contribution in [3.63, 3.8) is 0 Å². The van der Waals surface area contributed by atoms with E-state index in [-0.39, 0.29) is 58.8 Å². The first-order valence-corrected chi connectivity index (χ1v) is 9.58. The maximum atomic E-state index is 12.9. The van der Waals surface area contributed by atoms with Crippen molar-refractivity contribution in [1.29, 1.82) is 0 Å². The molecule has 4 heterocycles. The Balaban J connectivity index is 1.44. The van der Waals surface area contributed by atoms with Gasteiger partial charge in [0.15, 0.2) is 0 Å². The average molecular weight is 358 g/mol. The van der Waals surface area contributed by atoms with Gasteiger partial charge >= 0.3 is 11.9 Å². The second-order valence-electron chi connectivity index (χ2n) is 9.03. The van der Waals surface area contributed by atoms with Crippen LogP contribution in [-0.4, -0.2) is 30.8 Å². The Labute approximate surface area is 151 Å². The molecule has 0 amide bonds. The van der Waals surface area contributed by atoms with E-state index in [2.05, 4.69) is 6.92 Å². The Hall–Kier alpha value is -1.82. The van der Waals surface area contributed by atoms with Crippen LogP contribution >= 0.6 is 0 Å². The number of epoxide rings is 1. The summed E-state index contributed by atoms with van der Waals surface area (Å²) >= 11 is 0. The van der Waals surface area contributed by atoms with Gasteiger partial charge in [0.05, 0.1) is 43.2 Å². The van der Waals surface area contributed by atoms with Crippen LogP contribution in [0.2, 0.25) is 0 Å². The largest absolute Gasteiger partial charge is 0.472 e. The molecule has 0 aromatic carbocycles. The van der Waals surface area contributed by atoms with Gasteiger partial charge in [-0.25, -0.2) is 0 Å². The van der Waals surface area contributed by atoms with E-state index in [4.69, 9.17) is 18.6 Å². The molecule has 8 atom stereocenters. The summed E-state index contributed by atoms with van der Waals surface area (Å²) in [5.41, 5.74) is 0.456. The van der Waals surface area contributed by atoms with Crippen molar-refractivity contribution in [2.24, 2.45) is 28.6 Å². The first-order valence-electron chi connectivity index (χ1n) is 9.58. The topological polar surface area (TPSA) is 78.3 Å². The van der Waals surface area contributed by atoms with Crippen molar-refractivity contribution in [1.82, 2.24) is 0 Å². The number of esters is 2. The fourth-order valence-electron chi connectivity index (χ4n) is 6.83. The van der Waals surface area contributed by atoms with Gasteiger partial charge in [-0.2, -0.15) is 0 Å². The Kier molecular flexibility index (Phi) is 2.77. The number of carbonyl (C=O) groups is 2. The minimum Gasteiger partial charge on any atom is -0.472 e. The molecule has 0 bridgehead atoms. The molecule has 2 aliphatic carbocycles. The van der Waals surface area contributed by atoms with Gasteiger partial charge in [-0.05, 0) is 37.2 Å². The molecular formula is C20H22O6. The number of cyclic esters (lactones) is 2. The Morgan fingerprint density at radius 1 is 1.19 bits per heavy atom. The van der Waals surface area contributed by atoms with E-state index in [0.29, 0.717) is 6.61 Å². The standard InChI is InChI=1S/C20H22O6/c1-19-7-14(10-3-5-23-8-10)26-18(22)11(19)2-4-20-9-24-17(21)12(20)6-13-15(25-13)16(19)20/h3,5,8,11-16H,2,4,6-7,9H2,1H3. The van der Waals surface area contributed by atoms with Gasteiger partial charge in [0.2, 0.25) is 0 Å². The van der Waals surface area contributed by atoms with Crippen molar-refractivity contribution in [2.75, 3.05) is 6.61 Å². The summed E-state index contributed by atoms with van der Waals surface area (Å²) in [6, 6.07) is 1.86. The minimum atomic E-state index is -0.298. The van der Waals surface area contributed by atoms with Crippen molar-refractivity contribution in [2.45, 2.75) is 50.9 Å². The molecule has 26 heavy (non-hydrogen) atoms. The molecule has 6 heteroatoms. The molecule has 2 saturated carbocycles. The quantitative estimate of drug-likeness (QED) is 0.567. The zero-order chi connectivity index (χ0) is 17.7. The van der Waals surface area contributed by atoms with E-state index in [0.717, 1.165) is 31.2 Å². The van der Waals surface area contributed by atoms with E-state index in [1.807, 2.05) is 6.07 Å². The van der Waals surface area contributed by atoms with Gasteiger partial charge < -0.3 is 18.6 Å². The third-order valence-corrected chi connectivity index (χ3v) is 7.99. The minimum absolute atomic E-state index is 0.0734. The zero-order valence-corrected chi connectivity index (χ0v) is 14.7. The molecular weight excluding hydrogens is 336 g/mol. The fraction of sp³-hybridized carbons (Fsp3) is 0.700.